The number of ether oxygens (including phenoxy) is 1. The molecule has 2 rings (SSSR count). The molecule has 0 fully saturated rings. The quantitative estimate of drug-likeness (QED) is 0.858. The summed E-state index contributed by atoms with van der Waals surface area (Å²) in [7, 11) is 1.75. The summed E-state index contributed by atoms with van der Waals surface area (Å²) in [5, 5.41) is 4.64. The van der Waals surface area contributed by atoms with Crippen LogP contribution >= 0.6 is 0 Å². The topological polar surface area (TPSA) is 34.4 Å². The molecule has 19 heavy (non-hydrogen) atoms. The monoisotopic (exact) mass is 261 g/mol. The fraction of sp³-hybridized carbons (Fsp3) is 0.500. The third-order valence-electron chi connectivity index (χ3n) is 3.45. The molecule has 3 nitrogen and oxygen atoms in total. The lowest BCUT2D eigenvalue weighted by Gasteiger charge is -2.19. The second kappa shape index (κ2) is 6.22. The van der Waals surface area contributed by atoms with Crippen molar-refractivity contribution in [2.24, 2.45) is 0 Å². The fourth-order valence-corrected chi connectivity index (χ4v) is 2.33. The van der Waals surface area contributed by atoms with Gasteiger partial charge in [-0.2, -0.15) is 0 Å². The van der Waals surface area contributed by atoms with Crippen LogP contribution in [0.25, 0.3) is 11.0 Å². The minimum Gasteiger partial charge on any atom is -0.459 e. The average Bonchev–Trinajstić information content (AvgIpc) is 2.80. The molecule has 104 valence electrons. The number of hydrogen-bond donors (Lipinski definition) is 1. The molecule has 0 saturated heterocycles. The lowest BCUT2D eigenvalue weighted by molar-refractivity contribution is 0.0980. The van der Waals surface area contributed by atoms with E-state index in [-0.39, 0.29) is 12.1 Å². The van der Waals surface area contributed by atoms with Gasteiger partial charge in [0, 0.05) is 12.5 Å². The predicted octanol–water partition coefficient (Wildman–Crippen LogP) is 3.82. The molecule has 1 N–H and O–H groups in total. The van der Waals surface area contributed by atoms with E-state index in [1.54, 1.807) is 7.11 Å². The Bertz CT molecular complexity index is 533. The highest BCUT2D eigenvalue weighted by molar-refractivity contribution is 5.78. The van der Waals surface area contributed by atoms with E-state index in [1.165, 1.54) is 10.9 Å². The molecule has 0 radical (unpaired) electrons. The Kier molecular flexibility index (Phi) is 4.61. The van der Waals surface area contributed by atoms with E-state index >= 15 is 0 Å². The van der Waals surface area contributed by atoms with Crippen molar-refractivity contribution < 1.29 is 9.15 Å². The number of benzene rings is 1. The van der Waals surface area contributed by atoms with Crippen molar-refractivity contribution in [2.45, 2.75) is 39.3 Å². The first-order valence-electron chi connectivity index (χ1n) is 6.90. The van der Waals surface area contributed by atoms with Gasteiger partial charge in [0.15, 0.2) is 0 Å². The van der Waals surface area contributed by atoms with Crippen LogP contribution in [0.3, 0.4) is 0 Å². The van der Waals surface area contributed by atoms with Gasteiger partial charge in [-0.25, -0.2) is 0 Å². The Morgan fingerprint density at radius 2 is 2.11 bits per heavy atom. The van der Waals surface area contributed by atoms with Gasteiger partial charge in [0.05, 0.1) is 12.1 Å². The minimum atomic E-state index is 0.202. The van der Waals surface area contributed by atoms with Crippen LogP contribution in [-0.4, -0.2) is 19.8 Å². The van der Waals surface area contributed by atoms with Crippen LogP contribution in [0, 0.1) is 6.92 Å². The summed E-state index contributed by atoms with van der Waals surface area (Å²) in [6.07, 6.45) is 1.11. The van der Waals surface area contributed by atoms with Gasteiger partial charge in [-0.3, -0.25) is 0 Å². The van der Waals surface area contributed by atoms with Crippen molar-refractivity contribution in [3.8, 4) is 0 Å². The molecular weight excluding hydrogens is 238 g/mol. The largest absolute Gasteiger partial charge is 0.459 e. The standard InChI is InChI=1S/C16H23NO2/c1-5-17-14(9-12(3)18-4)16-10-13-8-11(2)6-7-15(13)19-16/h6-8,10,12,14,17H,5,9H2,1-4H3. The molecule has 0 bridgehead atoms. The van der Waals surface area contributed by atoms with Gasteiger partial charge in [0.25, 0.3) is 0 Å². The molecule has 1 aromatic carbocycles. The zero-order valence-electron chi connectivity index (χ0n) is 12.2. The number of methoxy groups -OCH3 is 1. The molecule has 3 heteroatoms. The van der Waals surface area contributed by atoms with Crippen LogP contribution in [0.1, 0.15) is 37.6 Å². The summed E-state index contributed by atoms with van der Waals surface area (Å²) in [4.78, 5) is 0. The maximum absolute atomic E-state index is 5.97. The number of fused-ring (bicyclic) bond motifs is 1. The van der Waals surface area contributed by atoms with Crippen molar-refractivity contribution in [3.05, 3.63) is 35.6 Å². The lowest BCUT2D eigenvalue weighted by Crippen LogP contribution is -2.24. The number of rotatable bonds is 6. The highest BCUT2D eigenvalue weighted by Gasteiger charge is 2.18. The van der Waals surface area contributed by atoms with Crippen LogP contribution in [0.15, 0.2) is 28.7 Å². The summed E-state index contributed by atoms with van der Waals surface area (Å²) < 4.78 is 11.3. The van der Waals surface area contributed by atoms with E-state index < -0.39 is 0 Å². The van der Waals surface area contributed by atoms with Crippen LogP contribution in [0.2, 0.25) is 0 Å². The Balaban J connectivity index is 2.27. The molecule has 0 saturated carbocycles. The van der Waals surface area contributed by atoms with Gasteiger partial charge in [-0.1, -0.05) is 18.6 Å². The molecule has 0 aliphatic carbocycles. The molecule has 0 aliphatic heterocycles. The summed E-state index contributed by atoms with van der Waals surface area (Å²) in [5.41, 5.74) is 2.21. The molecule has 1 heterocycles. The average molecular weight is 261 g/mol. The van der Waals surface area contributed by atoms with Crippen molar-refractivity contribution in [1.82, 2.24) is 5.32 Å². The Morgan fingerprint density at radius 3 is 2.79 bits per heavy atom. The van der Waals surface area contributed by atoms with E-state index in [4.69, 9.17) is 9.15 Å². The maximum Gasteiger partial charge on any atom is 0.134 e. The van der Waals surface area contributed by atoms with E-state index in [9.17, 15) is 0 Å². The summed E-state index contributed by atoms with van der Waals surface area (Å²) in [6.45, 7) is 7.20. The minimum absolute atomic E-state index is 0.202. The van der Waals surface area contributed by atoms with E-state index in [1.807, 2.05) is 6.07 Å². The molecule has 0 aliphatic rings. The third-order valence-corrected chi connectivity index (χ3v) is 3.45. The summed E-state index contributed by atoms with van der Waals surface area (Å²) in [6, 6.07) is 8.61. The Labute approximate surface area is 114 Å². The number of hydrogen-bond acceptors (Lipinski definition) is 3. The van der Waals surface area contributed by atoms with E-state index in [2.05, 4.69) is 44.3 Å². The predicted molar refractivity (Wildman–Crippen MR) is 78.5 cm³/mol. The normalized spacial score (nSPS) is 14.7. The highest BCUT2D eigenvalue weighted by atomic mass is 16.5. The van der Waals surface area contributed by atoms with Crippen molar-refractivity contribution in [2.75, 3.05) is 13.7 Å². The third kappa shape index (κ3) is 3.37. The van der Waals surface area contributed by atoms with Crippen molar-refractivity contribution in [1.29, 1.82) is 0 Å². The Morgan fingerprint density at radius 1 is 1.32 bits per heavy atom. The van der Waals surface area contributed by atoms with Crippen LogP contribution in [0.5, 0.6) is 0 Å². The fourth-order valence-electron chi connectivity index (χ4n) is 2.33. The van der Waals surface area contributed by atoms with E-state index in [0.717, 1.165) is 24.3 Å². The number of furan rings is 1. The van der Waals surface area contributed by atoms with Crippen LogP contribution in [0.4, 0.5) is 0 Å². The first-order chi connectivity index (χ1) is 9.13. The van der Waals surface area contributed by atoms with Gasteiger partial charge in [-0.05, 0) is 45.0 Å². The molecule has 0 amide bonds. The highest BCUT2D eigenvalue weighted by Crippen LogP contribution is 2.27. The summed E-state index contributed by atoms with van der Waals surface area (Å²) in [5.74, 6) is 0.992. The molecule has 2 atom stereocenters. The second-order valence-electron chi connectivity index (χ2n) is 5.08. The zero-order valence-corrected chi connectivity index (χ0v) is 12.2. The number of aryl methyl sites for hydroxylation is 1. The van der Waals surface area contributed by atoms with Gasteiger partial charge in [-0.15, -0.1) is 0 Å². The van der Waals surface area contributed by atoms with Gasteiger partial charge < -0.3 is 14.5 Å². The molecule has 0 spiro atoms. The molecular formula is C16H23NO2. The lowest BCUT2D eigenvalue weighted by atomic mass is 10.1. The summed E-state index contributed by atoms with van der Waals surface area (Å²) >= 11 is 0. The second-order valence-corrected chi connectivity index (χ2v) is 5.08. The van der Waals surface area contributed by atoms with Crippen LogP contribution < -0.4 is 5.32 Å². The van der Waals surface area contributed by atoms with Crippen molar-refractivity contribution in [3.63, 3.8) is 0 Å². The molecule has 2 unspecified atom stereocenters. The van der Waals surface area contributed by atoms with Crippen molar-refractivity contribution >= 4 is 11.0 Å². The van der Waals surface area contributed by atoms with E-state index in [0.29, 0.717) is 0 Å². The smallest absolute Gasteiger partial charge is 0.134 e. The number of nitrogens with one attached hydrogen (secondary N) is 1. The van der Waals surface area contributed by atoms with Gasteiger partial charge in [0.2, 0.25) is 0 Å². The maximum atomic E-state index is 5.97. The van der Waals surface area contributed by atoms with Gasteiger partial charge >= 0.3 is 0 Å². The first kappa shape index (κ1) is 14.1. The Hall–Kier alpha value is -1.32. The SMILES string of the molecule is CCNC(CC(C)OC)c1cc2cc(C)ccc2o1. The molecule has 1 aromatic heterocycles. The van der Waals surface area contributed by atoms with Gasteiger partial charge in [0.1, 0.15) is 11.3 Å². The van der Waals surface area contributed by atoms with Crippen LogP contribution in [-0.2, 0) is 4.74 Å². The molecule has 2 aromatic rings. The zero-order chi connectivity index (χ0) is 13.8. The first-order valence-corrected chi connectivity index (χ1v) is 6.90.